The van der Waals surface area contributed by atoms with Crippen LogP contribution < -0.4 is 10.1 Å². The van der Waals surface area contributed by atoms with Crippen molar-refractivity contribution in [3.8, 4) is 5.75 Å². The molecule has 20 heavy (non-hydrogen) atoms. The maximum Gasteiger partial charge on any atom is 0.123 e. The Kier molecular flexibility index (Phi) is 5.44. The average Bonchev–Trinajstić information content (AvgIpc) is 2.50. The monoisotopic (exact) mass is 271 g/mol. The number of methoxy groups -OCH3 is 1. The van der Waals surface area contributed by atoms with Crippen molar-refractivity contribution in [3.05, 3.63) is 54.8 Å². The predicted octanol–water partition coefficient (Wildman–Crippen LogP) is 3.49. The molecule has 0 bridgehead atoms. The van der Waals surface area contributed by atoms with Gasteiger partial charge < -0.3 is 14.8 Å². The van der Waals surface area contributed by atoms with Crippen LogP contribution in [0.1, 0.15) is 12.0 Å². The molecule has 0 fully saturated rings. The van der Waals surface area contributed by atoms with Crippen molar-refractivity contribution in [1.29, 1.82) is 0 Å². The van der Waals surface area contributed by atoms with E-state index in [4.69, 9.17) is 9.47 Å². The first-order valence-electron chi connectivity index (χ1n) is 6.84. The molecular formula is C17H21NO2. The van der Waals surface area contributed by atoms with E-state index in [1.54, 1.807) is 7.11 Å². The second kappa shape index (κ2) is 7.56. The van der Waals surface area contributed by atoms with Crippen molar-refractivity contribution >= 4 is 10.8 Å². The number of fused-ring (bicyclic) bond motifs is 1. The van der Waals surface area contributed by atoms with Gasteiger partial charge in [-0.2, -0.15) is 0 Å². The van der Waals surface area contributed by atoms with Crippen LogP contribution in [0.4, 0.5) is 0 Å². The van der Waals surface area contributed by atoms with E-state index < -0.39 is 0 Å². The van der Waals surface area contributed by atoms with Crippen LogP contribution in [0.3, 0.4) is 0 Å². The minimum absolute atomic E-state index is 0.698. The Morgan fingerprint density at radius 1 is 1.20 bits per heavy atom. The Balaban J connectivity index is 2.05. The molecule has 0 amide bonds. The van der Waals surface area contributed by atoms with Gasteiger partial charge in [-0.05, 0) is 29.8 Å². The zero-order chi connectivity index (χ0) is 14.2. The molecule has 2 aromatic rings. The summed E-state index contributed by atoms with van der Waals surface area (Å²) in [6, 6.07) is 12.5. The van der Waals surface area contributed by atoms with Gasteiger partial charge in [0.05, 0.1) is 20.0 Å². The smallest absolute Gasteiger partial charge is 0.123 e. The predicted molar refractivity (Wildman–Crippen MR) is 83.0 cm³/mol. The molecule has 0 radical (unpaired) electrons. The van der Waals surface area contributed by atoms with Crippen molar-refractivity contribution < 1.29 is 9.47 Å². The molecule has 106 valence electrons. The topological polar surface area (TPSA) is 30.5 Å². The summed E-state index contributed by atoms with van der Waals surface area (Å²) >= 11 is 0. The van der Waals surface area contributed by atoms with Gasteiger partial charge in [-0.3, -0.25) is 0 Å². The number of ether oxygens (including phenoxy) is 2. The molecule has 2 aromatic carbocycles. The van der Waals surface area contributed by atoms with Gasteiger partial charge in [-0.25, -0.2) is 0 Å². The first-order valence-corrected chi connectivity index (χ1v) is 6.84. The third kappa shape index (κ3) is 3.52. The number of rotatable bonds is 8. The SMILES string of the molecule is C=COCCCNCc1c(OC)ccc2ccccc12. The lowest BCUT2D eigenvalue weighted by Crippen LogP contribution is -2.16. The molecule has 2 rings (SSSR count). The fourth-order valence-electron chi connectivity index (χ4n) is 2.27. The van der Waals surface area contributed by atoms with Crippen LogP contribution in [0.15, 0.2) is 49.2 Å². The third-order valence-corrected chi connectivity index (χ3v) is 3.25. The fraction of sp³-hybridized carbons (Fsp3) is 0.294. The summed E-state index contributed by atoms with van der Waals surface area (Å²) in [5.41, 5.74) is 1.20. The van der Waals surface area contributed by atoms with Crippen LogP contribution in [0.5, 0.6) is 5.75 Å². The van der Waals surface area contributed by atoms with Gasteiger partial charge in [0.15, 0.2) is 0 Å². The van der Waals surface area contributed by atoms with E-state index in [0.29, 0.717) is 6.61 Å². The van der Waals surface area contributed by atoms with Crippen LogP contribution in [0.25, 0.3) is 10.8 Å². The quantitative estimate of drug-likeness (QED) is 0.589. The van der Waals surface area contributed by atoms with E-state index in [9.17, 15) is 0 Å². The van der Waals surface area contributed by atoms with E-state index in [1.807, 2.05) is 6.07 Å². The molecule has 3 heteroatoms. The highest BCUT2D eigenvalue weighted by atomic mass is 16.5. The highest BCUT2D eigenvalue weighted by molar-refractivity contribution is 5.87. The zero-order valence-corrected chi connectivity index (χ0v) is 11.9. The average molecular weight is 271 g/mol. The summed E-state index contributed by atoms with van der Waals surface area (Å²) in [6.07, 6.45) is 2.44. The van der Waals surface area contributed by atoms with E-state index in [0.717, 1.165) is 25.3 Å². The maximum atomic E-state index is 5.47. The number of hydrogen-bond donors (Lipinski definition) is 1. The van der Waals surface area contributed by atoms with E-state index in [1.165, 1.54) is 22.6 Å². The van der Waals surface area contributed by atoms with E-state index in [-0.39, 0.29) is 0 Å². The molecule has 0 aliphatic heterocycles. The Morgan fingerprint density at radius 2 is 2.05 bits per heavy atom. The molecule has 3 nitrogen and oxygen atoms in total. The summed E-state index contributed by atoms with van der Waals surface area (Å²) in [5.74, 6) is 0.929. The molecule has 0 aliphatic carbocycles. The van der Waals surface area contributed by atoms with E-state index >= 15 is 0 Å². The molecule has 1 N–H and O–H groups in total. The van der Waals surface area contributed by atoms with Crippen molar-refractivity contribution in [2.45, 2.75) is 13.0 Å². The van der Waals surface area contributed by atoms with Crippen LogP contribution in [-0.4, -0.2) is 20.3 Å². The number of benzene rings is 2. The normalized spacial score (nSPS) is 10.4. The summed E-state index contributed by atoms with van der Waals surface area (Å²) in [7, 11) is 1.71. The van der Waals surface area contributed by atoms with Gasteiger partial charge in [0.1, 0.15) is 5.75 Å². The molecule has 0 saturated heterocycles. The molecule has 0 aromatic heterocycles. The van der Waals surface area contributed by atoms with Crippen LogP contribution in [-0.2, 0) is 11.3 Å². The van der Waals surface area contributed by atoms with Crippen molar-refractivity contribution in [2.24, 2.45) is 0 Å². The molecule has 0 saturated carbocycles. The summed E-state index contributed by atoms with van der Waals surface area (Å²) < 4.78 is 10.6. The Labute approximate surface area is 120 Å². The number of nitrogens with one attached hydrogen (secondary N) is 1. The zero-order valence-electron chi connectivity index (χ0n) is 11.9. The second-order valence-electron chi connectivity index (χ2n) is 4.54. The van der Waals surface area contributed by atoms with Crippen LogP contribution in [0.2, 0.25) is 0 Å². The fourth-order valence-corrected chi connectivity index (χ4v) is 2.27. The first kappa shape index (κ1) is 14.4. The molecule has 0 spiro atoms. The van der Waals surface area contributed by atoms with Crippen LogP contribution in [0, 0.1) is 0 Å². The highest BCUT2D eigenvalue weighted by Crippen LogP contribution is 2.27. The summed E-state index contributed by atoms with van der Waals surface area (Å²) in [4.78, 5) is 0. The molecule has 0 heterocycles. The Hall–Kier alpha value is -2.00. The Morgan fingerprint density at radius 3 is 2.85 bits per heavy atom. The molecule has 0 atom stereocenters. The van der Waals surface area contributed by atoms with Gasteiger partial charge in [-0.15, -0.1) is 0 Å². The first-order chi connectivity index (χ1) is 9.86. The molecule has 0 aliphatic rings. The summed E-state index contributed by atoms with van der Waals surface area (Å²) in [5, 5.41) is 5.91. The van der Waals surface area contributed by atoms with Crippen LogP contribution >= 0.6 is 0 Å². The van der Waals surface area contributed by atoms with Crippen molar-refractivity contribution in [1.82, 2.24) is 5.32 Å². The standard InChI is InChI=1S/C17H21NO2/c1-3-20-12-6-11-18-13-16-15-8-5-4-7-14(15)9-10-17(16)19-2/h3-5,7-10,18H,1,6,11-13H2,2H3. The van der Waals surface area contributed by atoms with Gasteiger partial charge in [-0.1, -0.05) is 36.9 Å². The van der Waals surface area contributed by atoms with Gasteiger partial charge in [0.2, 0.25) is 0 Å². The van der Waals surface area contributed by atoms with Crippen molar-refractivity contribution in [2.75, 3.05) is 20.3 Å². The third-order valence-electron chi connectivity index (χ3n) is 3.25. The summed E-state index contributed by atoms with van der Waals surface area (Å²) in [6.45, 7) is 5.91. The number of hydrogen-bond acceptors (Lipinski definition) is 3. The van der Waals surface area contributed by atoms with Gasteiger partial charge in [0.25, 0.3) is 0 Å². The Bertz CT molecular complexity index is 566. The minimum Gasteiger partial charge on any atom is -0.502 e. The lowest BCUT2D eigenvalue weighted by molar-refractivity contribution is 0.244. The lowest BCUT2D eigenvalue weighted by atomic mass is 10.0. The van der Waals surface area contributed by atoms with Gasteiger partial charge >= 0.3 is 0 Å². The highest BCUT2D eigenvalue weighted by Gasteiger charge is 2.07. The maximum absolute atomic E-state index is 5.47. The largest absolute Gasteiger partial charge is 0.502 e. The van der Waals surface area contributed by atoms with Crippen molar-refractivity contribution in [3.63, 3.8) is 0 Å². The second-order valence-corrected chi connectivity index (χ2v) is 4.54. The minimum atomic E-state index is 0.698. The van der Waals surface area contributed by atoms with E-state index in [2.05, 4.69) is 42.2 Å². The lowest BCUT2D eigenvalue weighted by Gasteiger charge is -2.13. The molecular weight excluding hydrogens is 250 g/mol. The molecule has 0 unspecified atom stereocenters. The van der Waals surface area contributed by atoms with Gasteiger partial charge in [0, 0.05) is 12.1 Å².